The first-order valence-corrected chi connectivity index (χ1v) is 4.06. The Morgan fingerprint density at radius 1 is 1.15 bits per heavy atom. The van der Waals surface area contributed by atoms with Gasteiger partial charge in [0.2, 0.25) is 0 Å². The number of aromatic hydroxyl groups is 1. The third-order valence-corrected chi connectivity index (χ3v) is 2.11. The van der Waals surface area contributed by atoms with Gasteiger partial charge in [0.25, 0.3) is 0 Å². The van der Waals surface area contributed by atoms with Gasteiger partial charge in [-0.3, -0.25) is 0 Å². The van der Waals surface area contributed by atoms with Gasteiger partial charge in [0.05, 0.1) is 0 Å². The second-order valence-electron chi connectivity index (χ2n) is 3.13. The van der Waals surface area contributed by atoms with Gasteiger partial charge < -0.3 is 5.11 Å². The van der Waals surface area contributed by atoms with E-state index in [9.17, 15) is 9.50 Å². The van der Waals surface area contributed by atoms with Crippen LogP contribution in [0.2, 0.25) is 0 Å². The molecule has 0 amide bonds. The van der Waals surface area contributed by atoms with Crippen LogP contribution >= 0.6 is 0 Å². The summed E-state index contributed by atoms with van der Waals surface area (Å²) in [4.78, 5) is 0. The molecule has 0 aliphatic rings. The second kappa shape index (κ2) is 2.73. The lowest BCUT2D eigenvalue weighted by atomic mass is 10.1. The molecule has 0 saturated heterocycles. The minimum atomic E-state index is -0.280. The average Bonchev–Trinajstić information content (AvgIpc) is 2.02. The molecule has 2 aromatic carbocycles. The number of benzene rings is 2. The molecule has 0 heterocycles. The molecule has 2 aromatic rings. The number of rotatable bonds is 0. The van der Waals surface area contributed by atoms with E-state index < -0.39 is 0 Å². The Kier molecular flexibility index (Phi) is 1.69. The van der Waals surface area contributed by atoms with E-state index in [1.807, 2.05) is 6.92 Å². The quantitative estimate of drug-likeness (QED) is 0.654. The highest BCUT2D eigenvalue weighted by atomic mass is 19.1. The molecule has 0 unspecified atom stereocenters. The molecule has 0 saturated carbocycles. The molecule has 13 heavy (non-hydrogen) atoms. The largest absolute Gasteiger partial charge is 0.508 e. The summed E-state index contributed by atoms with van der Waals surface area (Å²) >= 11 is 0. The summed E-state index contributed by atoms with van der Waals surface area (Å²) in [6.45, 7) is 1.89. The van der Waals surface area contributed by atoms with Crippen LogP contribution in [-0.2, 0) is 0 Å². The number of halogens is 1. The minimum absolute atomic E-state index is 0.176. The SMILES string of the molecule is Cc1cc(O)cc2cc(F)ccc12. The van der Waals surface area contributed by atoms with Crippen molar-refractivity contribution in [3.05, 3.63) is 41.7 Å². The third-order valence-electron chi connectivity index (χ3n) is 2.11. The van der Waals surface area contributed by atoms with Crippen molar-refractivity contribution in [3.8, 4) is 5.75 Å². The molecule has 0 fully saturated rings. The van der Waals surface area contributed by atoms with E-state index in [2.05, 4.69) is 0 Å². The summed E-state index contributed by atoms with van der Waals surface area (Å²) < 4.78 is 12.8. The Morgan fingerprint density at radius 2 is 1.92 bits per heavy atom. The maximum atomic E-state index is 12.8. The average molecular weight is 176 g/mol. The molecule has 2 rings (SSSR count). The summed E-state index contributed by atoms with van der Waals surface area (Å²) in [6, 6.07) is 7.79. The fraction of sp³-hybridized carbons (Fsp3) is 0.0909. The molecule has 0 radical (unpaired) electrons. The lowest BCUT2D eigenvalue weighted by Crippen LogP contribution is -1.80. The van der Waals surface area contributed by atoms with E-state index in [1.165, 1.54) is 12.1 Å². The lowest BCUT2D eigenvalue weighted by molar-refractivity contribution is 0.476. The normalized spacial score (nSPS) is 10.6. The molecular weight excluding hydrogens is 167 g/mol. The van der Waals surface area contributed by atoms with Crippen LogP contribution in [0, 0.1) is 12.7 Å². The van der Waals surface area contributed by atoms with Crippen LogP contribution in [0.15, 0.2) is 30.3 Å². The highest BCUT2D eigenvalue weighted by Gasteiger charge is 2.00. The Balaban J connectivity index is 2.86. The summed E-state index contributed by atoms with van der Waals surface area (Å²) in [5, 5.41) is 11.0. The summed E-state index contributed by atoms with van der Waals surface area (Å²) in [6.07, 6.45) is 0. The van der Waals surface area contributed by atoms with Gasteiger partial charge in [-0.05, 0) is 47.5 Å². The van der Waals surface area contributed by atoms with Gasteiger partial charge in [0.1, 0.15) is 11.6 Å². The fourth-order valence-electron chi connectivity index (χ4n) is 1.51. The molecule has 1 N–H and O–H groups in total. The highest BCUT2D eigenvalue weighted by Crippen LogP contribution is 2.24. The van der Waals surface area contributed by atoms with E-state index in [0.717, 1.165) is 16.3 Å². The van der Waals surface area contributed by atoms with E-state index in [0.29, 0.717) is 0 Å². The van der Waals surface area contributed by atoms with E-state index in [-0.39, 0.29) is 11.6 Å². The Labute approximate surface area is 75.4 Å². The van der Waals surface area contributed by atoms with E-state index >= 15 is 0 Å². The van der Waals surface area contributed by atoms with Gasteiger partial charge in [0, 0.05) is 0 Å². The number of hydrogen-bond acceptors (Lipinski definition) is 1. The number of phenolic OH excluding ortho intramolecular Hbond substituents is 1. The second-order valence-corrected chi connectivity index (χ2v) is 3.13. The topological polar surface area (TPSA) is 20.2 Å². The van der Waals surface area contributed by atoms with E-state index in [4.69, 9.17) is 0 Å². The molecule has 0 atom stereocenters. The van der Waals surface area contributed by atoms with Gasteiger partial charge in [-0.2, -0.15) is 0 Å². The predicted molar refractivity (Wildman–Crippen MR) is 50.3 cm³/mol. The van der Waals surface area contributed by atoms with Gasteiger partial charge >= 0.3 is 0 Å². The van der Waals surface area contributed by atoms with Crippen LogP contribution in [0.3, 0.4) is 0 Å². The minimum Gasteiger partial charge on any atom is -0.508 e. The maximum Gasteiger partial charge on any atom is 0.123 e. The zero-order valence-corrected chi connectivity index (χ0v) is 7.21. The zero-order valence-electron chi connectivity index (χ0n) is 7.21. The number of aryl methyl sites for hydroxylation is 1. The molecule has 0 aliphatic carbocycles. The number of fused-ring (bicyclic) bond motifs is 1. The molecule has 0 spiro atoms. The van der Waals surface area contributed by atoms with Crippen molar-refractivity contribution in [2.75, 3.05) is 0 Å². The molecule has 0 aromatic heterocycles. The van der Waals surface area contributed by atoms with Crippen molar-refractivity contribution in [3.63, 3.8) is 0 Å². The predicted octanol–water partition coefficient (Wildman–Crippen LogP) is 2.99. The maximum absolute atomic E-state index is 12.8. The van der Waals surface area contributed by atoms with Crippen molar-refractivity contribution < 1.29 is 9.50 Å². The van der Waals surface area contributed by atoms with Crippen molar-refractivity contribution in [2.24, 2.45) is 0 Å². The van der Waals surface area contributed by atoms with Gasteiger partial charge in [-0.1, -0.05) is 6.07 Å². The first-order valence-electron chi connectivity index (χ1n) is 4.06. The lowest BCUT2D eigenvalue weighted by Gasteiger charge is -2.02. The molecule has 66 valence electrons. The van der Waals surface area contributed by atoms with Crippen molar-refractivity contribution in [1.82, 2.24) is 0 Å². The van der Waals surface area contributed by atoms with E-state index in [1.54, 1.807) is 18.2 Å². The van der Waals surface area contributed by atoms with Crippen LogP contribution in [-0.4, -0.2) is 5.11 Å². The number of hydrogen-bond donors (Lipinski definition) is 1. The molecule has 0 aliphatic heterocycles. The fourth-order valence-corrected chi connectivity index (χ4v) is 1.51. The van der Waals surface area contributed by atoms with Crippen molar-refractivity contribution >= 4 is 10.8 Å². The Hall–Kier alpha value is -1.57. The van der Waals surface area contributed by atoms with Crippen LogP contribution in [0.5, 0.6) is 5.75 Å². The molecule has 0 bridgehead atoms. The summed E-state index contributed by atoms with van der Waals surface area (Å²) in [7, 11) is 0. The Bertz CT molecular complexity index is 458. The first-order chi connectivity index (χ1) is 6.16. The van der Waals surface area contributed by atoms with Gasteiger partial charge in [-0.15, -0.1) is 0 Å². The smallest absolute Gasteiger partial charge is 0.123 e. The van der Waals surface area contributed by atoms with Crippen LogP contribution in [0.1, 0.15) is 5.56 Å². The van der Waals surface area contributed by atoms with Gasteiger partial charge in [-0.25, -0.2) is 4.39 Å². The summed E-state index contributed by atoms with van der Waals surface area (Å²) in [5.74, 6) is -0.104. The standard InChI is InChI=1S/C11H9FO/c1-7-4-10(13)6-8-5-9(12)2-3-11(7)8/h2-6,13H,1H3. The molecular formula is C11H9FO. The Morgan fingerprint density at radius 3 is 2.69 bits per heavy atom. The highest BCUT2D eigenvalue weighted by molar-refractivity contribution is 5.86. The van der Waals surface area contributed by atoms with Gasteiger partial charge in [0.15, 0.2) is 0 Å². The zero-order chi connectivity index (χ0) is 9.42. The monoisotopic (exact) mass is 176 g/mol. The molecule has 1 nitrogen and oxygen atoms in total. The number of phenols is 1. The van der Waals surface area contributed by atoms with Crippen molar-refractivity contribution in [1.29, 1.82) is 0 Å². The third kappa shape index (κ3) is 1.35. The first kappa shape index (κ1) is 8.05. The summed E-state index contributed by atoms with van der Waals surface area (Å²) in [5.41, 5.74) is 0.954. The van der Waals surface area contributed by atoms with Crippen LogP contribution < -0.4 is 0 Å². The molecule has 2 heteroatoms. The van der Waals surface area contributed by atoms with Crippen molar-refractivity contribution in [2.45, 2.75) is 6.92 Å². The van der Waals surface area contributed by atoms with Crippen LogP contribution in [0.25, 0.3) is 10.8 Å². The van der Waals surface area contributed by atoms with Crippen LogP contribution in [0.4, 0.5) is 4.39 Å².